The van der Waals surface area contributed by atoms with E-state index in [1.165, 1.54) is 4.68 Å². The zero-order valence-electron chi connectivity index (χ0n) is 8.22. The Kier molecular flexibility index (Phi) is 2.66. The fraction of sp³-hybridized carbons (Fsp3) is 0. The van der Waals surface area contributed by atoms with Gasteiger partial charge in [0, 0.05) is 6.20 Å². The average Bonchev–Trinajstić information content (AvgIpc) is 2.64. The zero-order chi connectivity index (χ0) is 11.7. The van der Waals surface area contributed by atoms with Gasteiger partial charge < -0.3 is 11.5 Å². The lowest BCUT2D eigenvalue weighted by Gasteiger charge is -2.09. The molecular formula is C10H9BrN4O. The second kappa shape index (κ2) is 3.97. The number of halogens is 1. The molecule has 0 aliphatic carbocycles. The van der Waals surface area contributed by atoms with Crippen molar-refractivity contribution in [3.8, 4) is 5.69 Å². The van der Waals surface area contributed by atoms with E-state index < -0.39 is 5.91 Å². The van der Waals surface area contributed by atoms with Crippen molar-refractivity contribution in [3.05, 3.63) is 40.6 Å². The lowest BCUT2D eigenvalue weighted by molar-refractivity contribution is 0.1000. The van der Waals surface area contributed by atoms with Crippen molar-refractivity contribution in [2.75, 3.05) is 5.73 Å². The third-order valence-electron chi connectivity index (χ3n) is 2.11. The Balaban J connectivity index is 2.67. The average molecular weight is 281 g/mol. The molecule has 2 rings (SSSR count). The molecule has 0 aliphatic heterocycles. The fourth-order valence-electron chi connectivity index (χ4n) is 1.44. The van der Waals surface area contributed by atoms with Gasteiger partial charge in [-0.2, -0.15) is 5.10 Å². The minimum absolute atomic E-state index is 0.343. The van der Waals surface area contributed by atoms with Crippen LogP contribution in [0, 0.1) is 0 Å². The van der Waals surface area contributed by atoms with E-state index in [0.29, 0.717) is 16.9 Å². The van der Waals surface area contributed by atoms with Crippen LogP contribution in [0.1, 0.15) is 10.4 Å². The van der Waals surface area contributed by atoms with Gasteiger partial charge in [-0.15, -0.1) is 0 Å². The van der Waals surface area contributed by atoms with Gasteiger partial charge in [-0.3, -0.25) is 4.79 Å². The molecule has 0 radical (unpaired) electrons. The van der Waals surface area contributed by atoms with Crippen LogP contribution in [0.3, 0.4) is 0 Å². The molecule has 16 heavy (non-hydrogen) atoms. The van der Waals surface area contributed by atoms with Crippen molar-refractivity contribution in [1.29, 1.82) is 0 Å². The van der Waals surface area contributed by atoms with Gasteiger partial charge in [-0.1, -0.05) is 6.07 Å². The van der Waals surface area contributed by atoms with E-state index in [2.05, 4.69) is 21.0 Å². The minimum atomic E-state index is -0.533. The Morgan fingerprint density at radius 1 is 1.44 bits per heavy atom. The summed E-state index contributed by atoms with van der Waals surface area (Å²) < 4.78 is 2.31. The largest absolute Gasteiger partial charge is 0.397 e. The monoisotopic (exact) mass is 280 g/mol. The summed E-state index contributed by atoms with van der Waals surface area (Å²) in [5.74, 6) is -0.533. The first kappa shape index (κ1) is 10.7. The summed E-state index contributed by atoms with van der Waals surface area (Å²) in [4.78, 5) is 11.3. The number of nitrogens with zero attached hydrogens (tertiary/aromatic N) is 2. The third kappa shape index (κ3) is 1.79. The summed E-state index contributed by atoms with van der Waals surface area (Å²) in [6.45, 7) is 0. The number of hydrogen-bond donors (Lipinski definition) is 2. The first-order chi connectivity index (χ1) is 7.59. The minimum Gasteiger partial charge on any atom is -0.397 e. The fourth-order valence-corrected chi connectivity index (χ4v) is 1.72. The third-order valence-corrected chi connectivity index (χ3v) is 2.52. The molecule has 0 fully saturated rings. The van der Waals surface area contributed by atoms with Crippen molar-refractivity contribution in [2.24, 2.45) is 5.73 Å². The molecule has 0 bridgehead atoms. The zero-order valence-corrected chi connectivity index (χ0v) is 9.81. The van der Waals surface area contributed by atoms with E-state index in [4.69, 9.17) is 11.5 Å². The number of carbonyl (C=O) groups excluding carboxylic acids is 1. The van der Waals surface area contributed by atoms with E-state index in [1.807, 2.05) is 0 Å². The highest BCUT2D eigenvalue weighted by Gasteiger charge is 2.13. The number of amides is 1. The number of hydrogen-bond acceptors (Lipinski definition) is 3. The molecule has 0 atom stereocenters. The second-order valence-electron chi connectivity index (χ2n) is 3.21. The molecule has 2 aromatic rings. The summed E-state index contributed by atoms with van der Waals surface area (Å²) in [6.07, 6.45) is 3.31. The Bertz CT molecular complexity index is 550. The van der Waals surface area contributed by atoms with Gasteiger partial charge in [0.25, 0.3) is 5.91 Å². The number of aromatic nitrogens is 2. The molecule has 0 unspecified atom stereocenters. The SMILES string of the molecule is NC(=O)c1cccc(N)c1-n1cc(Br)cn1. The number of carbonyl (C=O) groups is 1. The van der Waals surface area contributed by atoms with Crippen LogP contribution < -0.4 is 11.5 Å². The molecule has 0 saturated heterocycles. The number of primary amides is 1. The van der Waals surface area contributed by atoms with Crippen molar-refractivity contribution < 1.29 is 4.79 Å². The van der Waals surface area contributed by atoms with Gasteiger partial charge in [0.1, 0.15) is 5.69 Å². The Hall–Kier alpha value is -1.82. The topological polar surface area (TPSA) is 86.9 Å². The molecule has 82 valence electrons. The van der Waals surface area contributed by atoms with E-state index in [1.54, 1.807) is 30.6 Å². The van der Waals surface area contributed by atoms with E-state index in [-0.39, 0.29) is 0 Å². The van der Waals surface area contributed by atoms with Crippen LogP contribution in [0.2, 0.25) is 0 Å². The second-order valence-corrected chi connectivity index (χ2v) is 4.13. The molecule has 1 aromatic heterocycles. The highest BCUT2D eigenvalue weighted by atomic mass is 79.9. The smallest absolute Gasteiger partial charge is 0.250 e. The summed E-state index contributed by atoms with van der Waals surface area (Å²) >= 11 is 3.28. The Morgan fingerprint density at radius 2 is 2.19 bits per heavy atom. The summed E-state index contributed by atoms with van der Waals surface area (Å²) in [7, 11) is 0. The van der Waals surface area contributed by atoms with Crippen molar-refractivity contribution in [2.45, 2.75) is 0 Å². The lowest BCUT2D eigenvalue weighted by Crippen LogP contribution is -2.16. The Morgan fingerprint density at radius 3 is 2.75 bits per heavy atom. The summed E-state index contributed by atoms with van der Waals surface area (Å²) in [6, 6.07) is 4.98. The number of benzene rings is 1. The molecule has 1 aromatic carbocycles. The lowest BCUT2D eigenvalue weighted by atomic mass is 10.1. The number of para-hydroxylation sites is 1. The number of nitrogens with two attached hydrogens (primary N) is 2. The standard InChI is InChI=1S/C10H9BrN4O/c11-6-4-14-15(5-6)9-7(10(13)16)2-1-3-8(9)12/h1-5H,12H2,(H2,13,16). The molecule has 1 amide bonds. The first-order valence-corrected chi connectivity index (χ1v) is 5.27. The molecule has 6 heteroatoms. The molecule has 1 heterocycles. The number of anilines is 1. The van der Waals surface area contributed by atoms with Gasteiger partial charge in [0.2, 0.25) is 0 Å². The van der Waals surface area contributed by atoms with Gasteiger partial charge in [-0.25, -0.2) is 4.68 Å². The predicted molar refractivity (Wildman–Crippen MR) is 64.2 cm³/mol. The van der Waals surface area contributed by atoms with Crippen LogP contribution >= 0.6 is 15.9 Å². The molecule has 4 N–H and O–H groups in total. The van der Waals surface area contributed by atoms with Gasteiger partial charge in [0.05, 0.1) is 21.9 Å². The van der Waals surface area contributed by atoms with Crippen LogP contribution in [-0.4, -0.2) is 15.7 Å². The quantitative estimate of drug-likeness (QED) is 0.814. The maximum Gasteiger partial charge on any atom is 0.250 e. The van der Waals surface area contributed by atoms with E-state index >= 15 is 0 Å². The predicted octanol–water partition coefficient (Wildman–Crippen LogP) is 1.32. The molecule has 0 saturated carbocycles. The first-order valence-electron chi connectivity index (χ1n) is 4.48. The van der Waals surface area contributed by atoms with Crippen LogP contribution in [0.15, 0.2) is 35.1 Å². The van der Waals surface area contributed by atoms with Crippen LogP contribution in [0.5, 0.6) is 0 Å². The van der Waals surface area contributed by atoms with Crippen molar-refractivity contribution >= 4 is 27.5 Å². The maximum atomic E-state index is 11.3. The van der Waals surface area contributed by atoms with Crippen LogP contribution in [0.25, 0.3) is 5.69 Å². The highest BCUT2D eigenvalue weighted by Crippen LogP contribution is 2.22. The summed E-state index contributed by atoms with van der Waals surface area (Å²) in [5.41, 5.74) is 12.4. The highest BCUT2D eigenvalue weighted by molar-refractivity contribution is 9.10. The van der Waals surface area contributed by atoms with E-state index in [0.717, 1.165) is 4.47 Å². The van der Waals surface area contributed by atoms with Gasteiger partial charge >= 0.3 is 0 Å². The van der Waals surface area contributed by atoms with Crippen LogP contribution in [-0.2, 0) is 0 Å². The van der Waals surface area contributed by atoms with E-state index in [9.17, 15) is 4.79 Å². The number of nitrogen functional groups attached to an aromatic ring is 1. The molecule has 0 aliphatic rings. The normalized spacial score (nSPS) is 10.3. The summed E-state index contributed by atoms with van der Waals surface area (Å²) in [5, 5.41) is 4.07. The Labute approximate surface area is 100 Å². The number of rotatable bonds is 2. The van der Waals surface area contributed by atoms with Gasteiger partial charge in [0.15, 0.2) is 0 Å². The van der Waals surface area contributed by atoms with Gasteiger partial charge in [-0.05, 0) is 28.1 Å². The van der Waals surface area contributed by atoms with Crippen molar-refractivity contribution in [1.82, 2.24) is 9.78 Å². The molecule has 0 spiro atoms. The van der Waals surface area contributed by atoms with Crippen molar-refractivity contribution in [3.63, 3.8) is 0 Å². The molecule has 5 nitrogen and oxygen atoms in total. The molecular weight excluding hydrogens is 272 g/mol. The maximum absolute atomic E-state index is 11.3. The van der Waals surface area contributed by atoms with Crippen LogP contribution in [0.4, 0.5) is 5.69 Å².